The molecule has 2 nitrogen and oxygen atoms in total. The van der Waals surface area contributed by atoms with E-state index in [0.717, 1.165) is 44.9 Å². The van der Waals surface area contributed by atoms with Gasteiger partial charge in [0.25, 0.3) is 0 Å². The van der Waals surface area contributed by atoms with Crippen LogP contribution >= 0.6 is 0 Å². The fourth-order valence-corrected chi connectivity index (χ4v) is 3.38. The summed E-state index contributed by atoms with van der Waals surface area (Å²) in [6, 6.07) is 29.5. The van der Waals surface area contributed by atoms with E-state index in [1.54, 1.807) is 14.2 Å². The number of ether oxygens (including phenoxy) is 2. The van der Waals surface area contributed by atoms with E-state index in [1.165, 1.54) is 5.56 Å². The van der Waals surface area contributed by atoms with Gasteiger partial charge in [0.2, 0.25) is 0 Å². The Bertz CT molecular complexity index is 1540. The van der Waals surface area contributed by atoms with Crippen molar-refractivity contribution in [3.63, 3.8) is 0 Å². The Labute approximate surface area is 207 Å². The van der Waals surface area contributed by atoms with Crippen LogP contribution in [0.2, 0.25) is 0 Å². The lowest BCUT2D eigenvalue weighted by Gasteiger charge is -2.01. The van der Waals surface area contributed by atoms with Crippen LogP contribution in [0.4, 0.5) is 0 Å². The van der Waals surface area contributed by atoms with Gasteiger partial charge in [-0.3, -0.25) is 0 Å². The van der Waals surface area contributed by atoms with E-state index in [-0.39, 0.29) is 0 Å². The molecule has 4 aromatic carbocycles. The molecule has 168 valence electrons. The molecule has 0 saturated heterocycles. The van der Waals surface area contributed by atoms with Gasteiger partial charge in [-0.15, -0.1) is 0 Å². The van der Waals surface area contributed by atoms with Crippen LogP contribution in [0.1, 0.15) is 38.9 Å². The van der Waals surface area contributed by atoms with Gasteiger partial charge in [-0.2, -0.15) is 0 Å². The van der Waals surface area contributed by atoms with E-state index in [2.05, 4.69) is 54.6 Å². The van der Waals surface area contributed by atoms with Crippen molar-refractivity contribution in [1.82, 2.24) is 0 Å². The van der Waals surface area contributed by atoms with Crippen LogP contribution in [0.5, 0.6) is 11.5 Å². The van der Waals surface area contributed by atoms with Crippen molar-refractivity contribution in [3.05, 3.63) is 130 Å². The predicted octanol–water partition coefficient (Wildman–Crippen LogP) is 6.21. The molecule has 0 spiro atoms. The minimum Gasteiger partial charge on any atom is -0.497 e. The summed E-state index contributed by atoms with van der Waals surface area (Å²) in [6.07, 6.45) is 0. The van der Waals surface area contributed by atoms with E-state index < -0.39 is 0 Å². The van der Waals surface area contributed by atoms with Crippen molar-refractivity contribution in [2.45, 2.75) is 6.92 Å². The first kappa shape index (κ1) is 23.3. The molecular formula is C33H24O2. The highest BCUT2D eigenvalue weighted by molar-refractivity contribution is 5.58. The van der Waals surface area contributed by atoms with Crippen LogP contribution in [0.15, 0.2) is 91.0 Å². The molecule has 2 heteroatoms. The fourth-order valence-electron chi connectivity index (χ4n) is 3.38. The number of benzene rings is 4. The Kier molecular flexibility index (Phi) is 7.56. The molecule has 0 unspecified atom stereocenters. The van der Waals surface area contributed by atoms with Crippen LogP contribution in [0, 0.1) is 42.4 Å². The molecule has 0 N–H and O–H groups in total. The third-order valence-corrected chi connectivity index (χ3v) is 5.21. The van der Waals surface area contributed by atoms with Crippen LogP contribution < -0.4 is 9.47 Å². The molecule has 35 heavy (non-hydrogen) atoms. The smallest absolute Gasteiger partial charge is 0.120 e. The topological polar surface area (TPSA) is 18.5 Å². The second-order valence-corrected chi connectivity index (χ2v) is 7.84. The SMILES string of the molecule is COc1cccc(C#Cc2ccc(C#Cc3cccc(C)c3)cc2C#Cc2cccc(OC)c2)c1. The van der Waals surface area contributed by atoms with Gasteiger partial charge in [0, 0.05) is 33.4 Å². The van der Waals surface area contributed by atoms with E-state index in [0.29, 0.717) is 0 Å². The first-order chi connectivity index (χ1) is 17.1. The molecule has 0 radical (unpaired) electrons. The second kappa shape index (κ2) is 11.3. The van der Waals surface area contributed by atoms with Gasteiger partial charge < -0.3 is 9.47 Å². The second-order valence-electron chi connectivity index (χ2n) is 7.84. The molecule has 4 rings (SSSR count). The number of rotatable bonds is 2. The maximum atomic E-state index is 5.32. The normalized spacial score (nSPS) is 9.46. The van der Waals surface area contributed by atoms with Crippen LogP contribution in [0.25, 0.3) is 0 Å². The monoisotopic (exact) mass is 452 g/mol. The maximum absolute atomic E-state index is 5.32. The van der Waals surface area contributed by atoms with Gasteiger partial charge in [0.05, 0.1) is 14.2 Å². The van der Waals surface area contributed by atoms with Gasteiger partial charge in [-0.1, -0.05) is 59.8 Å². The van der Waals surface area contributed by atoms with Crippen molar-refractivity contribution in [2.75, 3.05) is 14.2 Å². The zero-order valence-electron chi connectivity index (χ0n) is 20.0. The quantitative estimate of drug-likeness (QED) is 0.337. The Balaban J connectivity index is 1.73. The van der Waals surface area contributed by atoms with Crippen molar-refractivity contribution < 1.29 is 9.47 Å². The summed E-state index contributed by atoms with van der Waals surface area (Å²) < 4.78 is 10.6. The summed E-state index contributed by atoms with van der Waals surface area (Å²) in [7, 11) is 3.30. The lowest BCUT2D eigenvalue weighted by molar-refractivity contribution is 0.414. The average molecular weight is 453 g/mol. The lowest BCUT2D eigenvalue weighted by atomic mass is 10.0. The van der Waals surface area contributed by atoms with Gasteiger partial charge in [0.15, 0.2) is 0 Å². The summed E-state index contributed by atoms with van der Waals surface area (Å²) in [4.78, 5) is 0. The number of hydrogen-bond donors (Lipinski definition) is 0. The number of aryl methyl sites for hydroxylation is 1. The largest absolute Gasteiger partial charge is 0.497 e. The molecular weight excluding hydrogens is 428 g/mol. The minimum atomic E-state index is 0.771. The molecule has 0 atom stereocenters. The highest BCUT2D eigenvalue weighted by atomic mass is 16.5. The lowest BCUT2D eigenvalue weighted by Crippen LogP contribution is -1.88. The summed E-state index contributed by atoms with van der Waals surface area (Å²) in [5, 5.41) is 0. The highest BCUT2D eigenvalue weighted by Gasteiger charge is 2.01. The molecule has 0 aliphatic rings. The van der Waals surface area contributed by atoms with Crippen molar-refractivity contribution in [3.8, 4) is 47.0 Å². The zero-order valence-corrected chi connectivity index (χ0v) is 20.0. The maximum Gasteiger partial charge on any atom is 0.120 e. The van der Waals surface area contributed by atoms with E-state index >= 15 is 0 Å². The fraction of sp³-hybridized carbons (Fsp3) is 0.0909. The number of methoxy groups -OCH3 is 2. The van der Waals surface area contributed by atoms with Gasteiger partial charge in [0.1, 0.15) is 11.5 Å². The van der Waals surface area contributed by atoms with Crippen LogP contribution in [-0.2, 0) is 0 Å². The first-order valence-corrected chi connectivity index (χ1v) is 11.2. The Morgan fingerprint density at radius 3 is 1.51 bits per heavy atom. The van der Waals surface area contributed by atoms with Crippen molar-refractivity contribution in [1.29, 1.82) is 0 Å². The summed E-state index contributed by atoms with van der Waals surface area (Å²) in [5.74, 6) is 21.1. The molecule has 0 heterocycles. The summed E-state index contributed by atoms with van der Waals surface area (Å²) in [5.41, 5.74) is 6.45. The van der Waals surface area contributed by atoms with E-state index in [4.69, 9.17) is 9.47 Å². The summed E-state index contributed by atoms with van der Waals surface area (Å²) in [6.45, 7) is 2.06. The molecule has 0 amide bonds. The predicted molar refractivity (Wildman–Crippen MR) is 142 cm³/mol. The Morgan fingerprint density at radius 1 is 0.457 bits per heavy atom. The van der Waals surface area contributed by atoms with Crippen LogP contribution in [0.3, 0.4) is 0 Å². The molecule has 0 aliphatic heterocycles. The third kappa shape index (κ3) is 6.58. The summed E-state index contributed by atoms with van der Waals surface area (Å²) >= 11 is 0. The molecule has 4 aromatic rings. The molecule has 0 saturated carbocycles. The number of hydrogen-bond acceptors (Lipinski definition) is 2. The zero-order chi connectivity index (χ0) is 24.5. The van der Waals surface area contributed by atoms with Gasteiger partial charge in [-0.25, -0.2) is 0 Å². The molecule has 0 bridgehead atoms. The van der Waals surface area contributed by atoms with E-state index in [1.807, 2.05) is 78.9 Å². The molecule has 0 aliphatic carbocycles. The van der Waals surface area contributed by atoms with E-state index in [9.17, 15) is 0 Å². The minimum absolute atomic E-state index is 0.771. The van der Waals surface area contributed by atoms with Crippen molar-refractivity contribution in [2.24, 2.45) is 0 Å². The van der Waals surface area contributed by atoms with Gasteiger partial charge in [-0.05, 0) is 79.2 Å². The average Bonchev–Trinajstić information content (AvgIpc) is 2.90. The molecule has 0 aromatic heterocycles. The highest BCUT2D eigenvalue weighted by Crippen LogP contribution is 2.15. The standard InChI is InChI=1S/C33H24O2/c1-25-7-4-8-26(21-25)13-14-29-16-19-30(18-15-27-9-5-11-32(23-27)34-2)31(22-29)20-17-28-10-6-12-33(24-28)35-3/h4-12,16,19,21-24H,1-3H3. The van der Waals surface area contributed by atoms with Crippen molar-refractivity contribution >= 4 is 0 Å². The first-order valence-electron chi connectivity index (χ1n) is 11.2. The van der Waals surface area contributed by atoms with Crippen LogP contribution in [-0.4, -0.2) is 14.2 Å². The molecule has 0 fully saturated rings. The third-order valence-electron chi connectivity index (χ3n) is 5.21. The Hall–Kier alpha value is -4.84. The van der Waals surface area contributed by atoms with Gasteiger partial charge >= 0.3 is 0 Å². The Morgan fingerprint density at radius 2 is 0.943 bits per heavy atom.